The molecule has 1 aromatic rings. The summed E-state index contributed by atoms with van der Waals surface area (Å²) in [5, 5.41) is 3.00. The van der Waals surface area contributed by atoms with Gasteiger partial charge < -0.3 is 10.2 Å². The van der Waals surface area contributed by atoms with Crippen molar-refractivity contribution in [1.82, 2.24) is 9.80 Å². The highest BCUT2D eigenvalue weighted by Gasteiger charge is 2.45. The molecule has 0 radical (unpaired) electrons. The molecule has 0 spiro atoms. The van der Waals surface area contributed by atoms with Crippen molar-refractivity contribution in [3.8, 4) is 0 Å². The van der Waals surface area contributed by atoms with Crippen LogP contribution in [0.1, 0.15) is 52.9 Å². The number of carbonyl (C=O) groups excluding carboxylic acids is 2. The molecule has 5 nitrogen and oxygen atoms in total. The fourth-order valence-corrected chi connectivity index (χ4v) is 4.99. The predicted octanol–water partition coefficient (Wildman–Crippen LogP) is 6.11. The van der Waals surface area contributed by atoms with E-state index in [4.69, 9.17) is 0 Å². The van der Waals surface area contributed by atoms with E-state index in [1.165, 1.54) is 23.5 Å². The number of nitrogens with one attached hydrogen (secondary N) is 1. The zero-order chi connectivity index (χ0) is 25.5. The third-order valence-corrected chi connectivity index (χ3v) is 6.51. The molecule has 2 amide bonds. The normalized spacial score (nSPS) is 19.4. The van der Waals surface area contributed by atoms with Gasteiger partial charge in [0.1, 0.15) is 11.9 Å². The molecule has 1 saturated carbocycles. The highest BCUT2D eigenvalue weighted by atomic mass is 19.1. The van der Waals surface area contributed by atoms with Crippen LogP contribution in [0.3, 0.4) is 0 Å². The number of carbonyl (C=O) groups is 2. The summed E-state index contributed by atoms with van der Waals surface area (Å²) < 4.78 is 13.6. The van der Waals surface area contributed by atoms with E-state index < -0.39 is 11.9 Å². The lowest BCUT2D eigenvalue weighted by molar-refractivity contribution is -0.140. The van der Waals surface area contributed by atoms with Crippen molar-refractivity contribution in [3.05, 3.63) is 90.1 Å². The van der Waals surface area contributed by atoms with Gasteiger partial charge >= 0.3 is 0 Å². The average Bonchev–Trinajstić information content (AvgIpc) is 3.07. The Balaban J connectivity index is 2.01. The molecule has 186 valence electrons. The fourth-order valence-electron chi connectivity index (χ4n) is 4.99. The topological polar surface area (TPSA) is 52.7 Å². The number of allylic oxidation sites excluding steroid dienone is 5. The number of anilines is 1. The van der Waals surface area contributed by atoms with E-state index in [0.717, 1.165) is 42.5 Å². The van der Waals surface area contributed by atoms with Crippen molar-refractivity contribution in [1.29, 1.82) is 0 Å². The average molecular weight is 478 g/mol. The molecule has 1 heterocycles. The van der Waals surface area contributed by atoms with E-state index >= 15 is 0 Å². The van der Waals surface area contributed by atoms with E-state index in [-0.39, 0.29) is 24.4 Å². The lowest BCUT2D eigenvalue weighted by Crippen LogP contribution is -2.50. The maximum Gasteiger partial charge on any atom is 0.254 e. The van der Waals surface area contributed by atoms with Crippen molar-refractivity contribution in [3.63, 3.8) is 0 Å². The van der Waals surface area contributed by atoms with Crippen LogP contribution < -0.4 is 5.32 Å². The van der Waals surface area contributed by atoms with Crippen molar-refractivity contribution in [2.24, 2.45) is 0 Å². The lowest BCUT2D eigenvalue weighted by atomic mass is 9.94. The van der Waals surface area contributed by atoms with Crippen LogP contribution in [0, 0.1) is 5.82 Å². The monoisotopic (exact) mass is 477 g/mol. The molecule has 0 aromatic heterocycles. The molecule has 1 atom stereocenters. The Morgan fingerprint density at radius 3 is 2.60 bits per heavy atom. The van der Waals surface area contributed by atoms with Crippen molar-refractivity contribution < 1.29 is 14.0 Å². The van der Waals surface area contributed by atoms with Crippen LogP contribution in [0.25, 0.3) is 0 Å². The third-order valence-electron chi connectivity index (χ3n) is 6.51. The number of nitrogens with zero attached hydrogens (tertiary/aromatic N) is 2. The van der Waals surface area contributed by atoms with Gasteiger partial charge in [0.25, 0.3) is 5.91 Å². The summed E-state index contributed by atoms with van der Waals surface area (Å²) in [5.41, 5.74) is 3.41. The Hall–Kier alpha value is -3.41. The minimum absolute atomic E-state index is 0.106. The number of hydrogen-bond donors (Lipinski definition) is 1. The molecule has 1 aliphatic carbocycles. The zero-order valence-corrected chi connectivity index (χ0v) is 21.0. The number of halogens is 1. The summed E-state index contributed by atoms with van der Waals surface area (Å²) in [6.07, 6.45) is 12.4. The first kappa shape index (κ1) is 26.2. The largest absolute Gasteiger partial charge is 0.376 e. The van der Waals surface area contributed by atoms with Gasteiger partial charge in [-0.05, 0) is 64.0 Å². The van der Waals surface area contributed by atoms with Crippen molar-refractivity contribution >= 4 is 17.5 Å². The Morgan fingerprint density at radius 2 is 2.00 bits per heavy atom. The molecule has 2 aliphatic rings. The Bertz CT molecular complexity index is 1080. The predicted molar refractivity (Wildman–Crippen MR) is 140 cm³/mol. The maximum atomic E-state index is 13.9. The van der Waals surface area contributed by atoms with Gasteiger partial charge in [0, 0.05) is 28.7 Å². The SMILES string of the molecule is C=CC1=C(C)N(C2CCCCC2)C(=O)C1N(C(=O)CNc1cccc(F)c1)C(/C=C\C)=C/C(=C)C. The summed E-state index contributed by atoms with van der Waals surface area (Å²) in [6, 6.07) is 5.27. The second-order valence-corrected chi connectivity index (χ2v) is 9.19. The van der Waals surface area contributed by atoms with E-state index in [2.05, 4.69) is 18.5 Å². The van der Waals surface area contributed by atoms with E-state index in [1.807, 2.05) is 31.7 Å². The molecule has 6 heteroatoms. The number of benzene rings is 1. The summed E-state index contributed by atoms with van der Waals surface area (Å²) in [6.45, 7) is 13.5. The standard InChI is InChI=1S/C29H36FN3O2/c1-6-12-25(17-20(3)4)33(27(34)19-31-23-14-11-13-22(30)18-23)28-26(7-2)21(5)32(29(28)35)24-15-9-8-10-16-24/h6-7,11-14,17-18,24,28,31H,2-3,8-10,15-16,19H2,1,4-5H3/b12-6-,25-17+. The highest BCUT2D eigenvalue weighted by molar-refractivity contribution is 5.97. The molecular formula is C29H36FN3O2. The molecule has 3 rings (SSSR count). The first-order chi connectivity index (χ1) is 16.8. The highest BCUT2D eigenvalue weighted by Crippen LogP contribution is 2.36. The molecule has 35 heavy (non-hydrogen) atoms. The quantitative estimate of drug-likeness (QED) is 0.437. The van der Waals surface area contributed by atoms with Gasteiger partial charge in [-0.2, -0.15) is 0 Å². The van der Waals surface area contributed by atoms with Crippen molar-refractivity contribution in [2.45, 2.75) is 65.0 Å². The van der Waals surface area contributed by atoms with Gasteiger partial charge in [-0.25, -0.2) is 4.39 Å². The second kappa shape index (κ2) is 11.8. The number of amides is 2. The minimum Gasteiger partial charge on any atom is -0.376 e. The van der Waals surface area contributed by atoms with Gasteiger partial charge in [0.2, 0.25) is 5.91 Å². The zero-order valence-electron chi connectivity index (χ0n) is 21.0. The minimum atomic E-state index is -0.821. The first-order valence-corrected chi connectivity index (χ1v) is 12.3. The molecule has 1 aliphatic heterocycles. The molecule has 1 unspecified atom stereocenters. The summed E-state index contributed by atoms with van der Waals surface area (Å²) in [5.74, 6) is -0.811. The van der Waals surface area contributed by atoms with Crippen LogP contribution in [0.4, 0.5) is 10.1 Å². The lowest BCUT2D eigenvalue weighted by Gasteiger charge is -2.34. The number of hydrogen-bond acceptors (Lipinski definition) is 3. The molecule has 0 saturated heterocycles. The van der Waals surface area contributed by atoms with Crippen LogP contribution in [0.15, 0.2) is 84.3 Å². The van der Waals surface area contributed by atoms with Gasteiger partial charge in [0.15, 0.2) is 0 Å². The summed E-state index contributed by atoms with van der Waals surface area (Å²) in [7, 11) is 0. The molecular weight excluding hydrogens is 441 g/mol. The van der Waals surface area contributed by atoms with Crippen molar-refractivity contribution in [2.75, 3.05) is 11.9 Å². The van der Waals surface area contributed by atoms with Gasteiger partial charge in [-0.1, -0.05) is 56.2 Å². The summed E-state index contributed by atoms with van der Waals surface area (Å²) >= 11 is 0. The summed E-state index contributed by atoms with van der Waals surface area (Å²) in [4.78, 5) is 31.1. The van der Waals surface area contributed by atoms with Crippen LogP contribution in [-0.4, -0.2) is 40.2 Å². The van der Waals surface area contributed by atoms with E-state index in [0.29, 0.717) is 11.4 Å². The van der Waals surface area contributed by atoms with Gasteiger partial charge in [0.05, 0.1) is 6.54 Å². The third kappa shape index (κ3) is 5.99. The number of rotatable bonds is 9. The Labute approximate surface area is 208 Å². The van der Waals surface area contributed by atoms with Crippen LogP contribution in [-0.2, 0) is 9.59 Å². The fraction of sp³-hybridized carbons (Fsp3) is 0.379. The van der Waals surface area contributed by atoms with Crippen LogP contribution >= 0.6 is 0 Å². The van der Waals surface area contributed by atoms with Crippen LogP contribution in [0.5, 0.6) is 0 Å². The Morgan fingerprint density at radius 1 is 1.29 bits per heavy atom. The maximum absolute atomic E-state index is 13.9. The second-order valence-electron chi connectivity index (χ2n) is 9.19. The van der Waals surface area contributed by atoms with Gasteiger partial charge in [-0.3, -0.25) is 14.5 Å². The molecule has 0 bridgehead atoms. The van der Waals surface area contributed by atoms with E-state index in [1.54, 1.807) is 30.4 Å². The first-order valence-electron chi connectivity index (χ1n) is 12.3. The Kier molecular flexibility index (Phi) is 8.85. The smallest absolute Gasteiger partial charge is 0.254 e. The molecule has 1 N–H and O–H groups in total. The van der Waals surface area contributed by atoms with E-state index in [9.17, 15) is 14.0 Å². The van der Waals surface area contributed by atoms with Crippen LogP contribution in [0.2, 0.25) is 0 Å². The molecule has 1 aromatic carbocycles. The molecule has 1 fully saturated rings. The van der Waals surface area contributed by atoms with Gasteiger partial charge in [-0.15, -0.1) is 0 Å².